The van der Waals surface area contributed by atoms with Gasteiger partial charge < -0.3 is 4.74 Å². The maximum absolute atomic E-state index is 13.5. The number of hydrogen-bond donors (Lipinski definition) is 0. The number of imide groups is 1. The minimum atomic E-state index is -0.583. The minimum Gasteiger partial charge on any atom is -0.370 e. The molecule has 6 unspecified atom stereocenters. The van der Waals surface area contributed by atoms with Gasteiger partial charge in [-0.3, -0.25) is 14.6 Å². The van der Waals surface area contributed by atoms with Crippen LogP contribution >= 0.6 is 0 Å². The zero-order chi connectivity index (χ0) is 23.0. The van der Waals surface area contributed by atoms with Crippen LogP contribution in [0.4, 0.5) is 15.8 Å². The van der Waals surface area contributed by atoms with Crippen molar-refractivity contribution in [1.29, 1.82) is 0 Å². The van der Waals surface area contributed by atoms with E-state index in [2.05, 4.69) is 0 Å². The number of benzene rings is 3. The summed E-state index contributed by atoms with van der Waals surface area (Å²) in [6.45, 7) is 0. The molecule has 0 aromatic heterocycles. The molecule has 4 aliphatic rings. The summed E-state index contributed by atoms with van der Waals surface area (Å²) in [5.41, 5.74) is 3.17. The highest BCUT2D eigenvalue weighted by Gasteiger charge is 2.72. The van der Waals surface area contributed by atoms with Crippen molar-refractivity contribution in [3.8, 4) is 0 Å². The summed E-state index contributed by atoms with van der Waals surface area (Å²) >= 11 is 0. The van der Waals surface area contributed by atoms with Crippen LogP contribution in [-0.2, 0) is 14.3 Å². The molecule has 2 amide bonds. The number of nitrogens with zero attached hydrogens (tertiary/aromatic N) is 3. The Morgan fingerprint density at radius 3 is 2.00 bits per heavy atom. The van der Waals surface area contributed by atoms with Crippen LogP contribution < -0.4 is 9.91 Å². The van der Waals surface area contributed by atoms with E-state index in [-0.39, 0.29) is 23.8 Å². The molecule has 3 saturated heterocycles. The van der Waals surface area contributed by atoms with Gasteiger partial charge in [0.25, 0.3) is 0 Å². The lowest BCUT2D eigenvalue weighted by molar-refractivity contribution is -0.125. The third-order valence-electron chi connectivity index (χ3n) is 7.47. The summed E-state index contributed by atoms with van der Waals surface area (Å²) in [5.74, 6) is -2.28. The van der Waals surface area contributed by atoms with Crippen LogP contribution in [0.3, 0.4) is 0 Å². The molecular formula is C27H20FN3O3. The quantitative estimate of drug-likeness (QED) is 0.569. The highest BCUT2D eigenvalue weighted by atomic mass is 19.1. The van der Waals surface area contributed by atoms with Crippen molar-refractivity contribution in [2.75, 3.05) is 9.91 Å². The molecule has 3 aromatic carbocycles. The van der Waals surface area contributed by atoms with Crippen LogP contribution in [0, 0.1) is 23.6 Å². The maximum Gasteiger partial charge on any atom is 0.240 e. The number of halogens is 1. The summed E-state index contributed by atoms with van der Waals surface area (Å²) < 4.78 is 19.9. The molecule has 0 spiro atoms. The summed E-state index contributed by atoms with van der Waals surface area (Å²) in [5, 5.41) is 6.97. The predicted molar refractivity (Wildman–Crippen MR) is 124 cm³/mol. The molecule has 3 fully saturated rings. The van der Waals surface area contributed by atoms with E-state index >= 15 is 0 Å². The molecule has 168 valence electrons. The van der Waals surface area contributed by atoms with Crippen LogP contribution in [0.15, 0.2) is 90.0 Å². The third-order valence-corrected chi connectivity index (χ3v) is 7.47. The van der Waals surface area contributed by atoms with Crippen molar-refractivity contribution in [2.24, 2.45) is 22.9 Å². The molecule has 7 rings (SSSR count). The number of carbonyl (C=O) groups is 2. The lowest BCUT2D eigenvalue weighted by atomic mass is 9.70. The molecule has 4 aliphatic heterocycles. The molecule has 0 N–H and O–H groups in total. The second-order valence-electron chi connectivity index (χ2n) is 9.15. The zero-order valence-corrected chi connectivity index (χ0v) is 18.0. The lowest BCUT2D eigenvalue weighted by Crippen LogP contribution is -2.50. The van der Waals surface area contributed by atoms with Crippen molar-refractivity contribution < 1.29 is 18.7 Å². The van der Waals surface area contributed by atoms with Gasteiger partial charge in [0.15, 0.2) is 0 Å². The van der Waals surface area contributed by atoms with E-state index in [0.29, 0.717) is 5.69 Å². The van der Waals surface area contributed by atoms with E-state index in [1.165, 1.54) is 29.2 Å². The summed E-state index contributed by atoms with van der Waals surface area (Å²) in [4.78, 5) is 28.3. The third kappa shape index (κ3) is 2.56. The normalized spacial score (nSPS) is 31.1. The number of hydrogen-bond acceptors (Lipinski definition) is 5. The fraction of sp³-hybridized carbons (Fsp3) is 0.222. The number of carbonyl (C=O) groups excluding carboxylic acids is 2. The zero-order valence-electron chi connectivity index (χ0n) is 18.0. The second-order valence-corrected chi connectivity index (χ2v) is 9.15. The van der Waals surface area contributed by atoms with Gasteiger partial charge in [0.1, 0.15) is 5.82 Å². The Balaban J connectivity index is 1.32. The Hall–Kier alpha value is -3.84. The fourth-order valence-electron chi connectivity index (χ4n) is 6.13. The van der Waals surface area contributed by atoms with E-state index < -0.39 is 29.9 Å². The van der Waals surface area contributed by atoms with Gasteiger partial charge in [-0.1, -0.05) is 48.5 Å². The number of ether oxygens (including phenoxy) is 1. The number of fused-ring (bicyclic) bond motifs is 8. The van der Waals surface area contributed by atoms with Crippen LogP contribution in [-0.4, -0.2) is 35.8 Å². The number of para-hydroxylation sites is 1. The van der Waals surface area contributed by atoms with Gasteiger partial charge in [-0.15, -0.1) is 0 Å². The van der Waals surface area contributed by atoms with Gasteiger partial charge >= 0.3 is 0 Å². The molecule has 3 aromatic rings. The monoisotopic (exact) mass is 453 g/mol. The number of rotatable bonds is 3. The molecule has 2 bridgehead atoms. The highest BCUT2D eigenvalue weighted by Crippen LogP contribution is 2.56. The van der Waals surface area contributed by atoms with E-state index in [0.717, 1.165) is 17.0 Å². The van der Waals surface area contributed by atoms with Crippen molar-refractivity contribution in [2.45, 2.75) is 18.2 Å². The fourth-order valence-corrected chi connectivity index (χ4v) is 6.13. The first-order chi connectivity index (χ1) is 16.6. The van der Waals surface area contributed by atoms with E-state index in [9.17, 15) is 14.0 Å². The standard InChI is InChI=1S/C27H20FN3O3/c28-16-11-13-17(14-12-16)30-26(32)19-20(27(30)33)25-23-21(24(19)34-25)22(15-7-3-1-4-8-15)29-31(23)18-9-5-2-6-10-18/h1-14,19-21,23-25H. The SMILES string of the molecule is O=C1C2C3OC(C2C(=O)N1c1ccc(F)cc1)C1C3C(c2ccccc2)=NN1c1ccccc1. The van der Waals surface area contributed by atoms with Gasteiger partial charge in [0.05, 0.1) is 53.1 Å². The smallest absolute Gasteiger partial charge is 0.240 e. The molecule has 6 nitrogen and oxygen atoms in total. The first-order valence-corrected chi connectivity index (χ1v) is 11.4. The molecule has 0 aliphatic carbocycles. The van der Waals surface area contributed by atoms with Crippen molar-refractivity contribution >= 4 is 28.9 Å². The molecule has 34 heavy (non-hydrogen) atoms. The first-order valence-electron chi connectivity index (χ1n) is 11.4. The average molecular weight is 453 g/mol. The van der Waals surface area contributed by atoms with Gasteiger partial charge in [-0.25, -0.2) is 9.29 Å². The molecule has 0 saturated carbocycles. The largest absolute Gasteiger partial charge is 0.370 e. The summed E-state index contributed by atoms with van der Waals surface area (Å²) in [6, 6.07) is 25.1. The molecule has 7 heteroatoms. The maximum atomic E-state index is 13.5. The van der Waals surface area contributed by atoms with Crippen molar-refractivity contribution in [3.63, 3.8) is 0 Å². The van der Waals surface area contributed by atoms with Crippen LogP contribution in [0.2, 0.25) is 0 Å². The summed E-state index contributed by atoms with van der Waals surface area (Å²) in [6.07, 6.45) is -0.915. The number of hydrazone groups is 1. The highest BCUT2D eigenvalue weighted by molar-refractivity contribution is 6.23. The van der Waals surface area contributed by atoms with Crippen LogP contribution in [0.5, 0.6) is 0 Å². The van der Waals surface area contributed by atoms with E-state index in [1.807, 2.05) is 65.7 Å². The Labute approximate surface area is 195 Å². The van der Waals surface area contributed by atoms with Crippen LogP contribution in [0.1, 0.15) is 5.56 Å². The second kappa shape index (κ2) is 7.08. The van der Waals surface area contributed by atoms with E-state index in [4.69, 9.17) is 9.84 Å². The van der Waals surface area contributed by atoms with Crippen LogP contribution in [0.25, 0.3) is 0 Å². The van der Waals surface area contributed by atoms with Gasteiger partial charge in [0, 0.05) is 0 Å². The number of anilines is 2. The van der Waals surface area contributed by atoms with Gasteiger partial charge in [-0.05, 0) is 42.0 Å². The Morgan fingerprint density at radius 1 is 0.706 bits per heavy atom. The Morgan fingerprint density at radius 2 is 1.32 bits per heavy atom. The van der Waals surface area contributed by atoms with Gasteiger partial charge in [0.2, 0.25) is 11.8 Å². The first kappa shape index (κ1) is 19.6. The van der Waals surface area contributed by atoms with Crippen molar-refractivity contribution in [3.05, 3.63) is 96.3 Å². The summed E-state index contributed by atoms with van der Waals surface area (Å²) in [7, 11) is 0. The lowest BCUT2D eigenvalue weighted by Gasteiger charge is -2.32. The average Bonchev–Trinajstić information content (AvgIpc) is 3.60. The van der Waals surface area contributed by atoms with E-state index in [1.54, 1.807) is 0 Å². The molecule has 6 atom stereocenters. The predicted octanol–water partition coefficient (Wildman–Crippen LogP) is 3.62. The Kier molecular flexibility index (Phi) is 4.08. The Bertz CT molecular complexity index is 1330. The topological polar surface area (TPSA) is 62.2 Å². The van der Waals surface area contributed by atoms with Crippen molar-refractivity contribution in [1.82, 2.24) is 0 Å². The number of amides is 2. The minimum absolute atomic E-state index is 0.140. The molecule has 4 heterocycles. The van der Waals surface area contributed by atoms with Gasteiger partial charge in [-0.2, -0.15) is 5.10 Å². The molecule has 0 radical (unpaired) electrons. The molecular weight excluding hydrogens is 433 g/mol.